The Morgan fingerprint density at radius 1 is 0.895 bits per heavy atom. The lowest BCUT2D eigenvalue weighted by Crippen LogP contribution is -2.29. The molecule has 3 nitrogen and oxygen atoms in total. The molecule has 0 bridgehead atoms. The molecule has 1 aromatic heterocycles. The first-order valence-corrected chi connectivity index (χ1v) is 6.54. The summed E-state index contributed by atoms with van der Waals surface area (Å²) >= 11 is 0. The van der Waals surface area contributed by atoms with Crippen molar-refractivity contribution in [1.82, 2.24) is 5.43 Å². The number of hydrogen-bond acceptors (Lipinski definition) is 3. The molecule has 0 aliphatic rings. The van der Waals surface area contributed by atoms with Crippen LogP contribution in [0.1, 0.15) is 45.4 Å². The van der Waals surface area contributed by atoms with Crippen molar-refractivity contribution < 1.29 is 4.42 Å². The van der Waals surface area contributed by atoms with Crippen molar-refractivity contribution in [3.63, 3.8) is 0 Å². The zero-order valence-electron chi connectivity index (χ0n) is 12.3. The molecule has 1 unspecified atom stereocenters. The summed E-state index contributed by atoms with van der Waals surface area (Å²) in [7, 11) is 0. The van der Waals surface area contributed by atoms with Crippen molar-refractivity contribution in [1.29, 1.82) is 0 Å². The maximum absolute atomic E-state index is 5.78. The Kier molecular flexibility index (Phi) is 3.78. The van der Waals surface area contributed by atoms with Crippen LogP contribution in [-0.2, 0) is 0 Å². The largest absolute Gasteiger partial charge is 0.466 e. The van der Waals surface area contributed by atoms with Gasteiger partial charge in [-0.15, -0.1) is 0 Å². The number of hydrazine groups is 1. The molecule has 0 aliphatic heterocycles. The topological polar surface area (TPSA) is 51.2 Å². The van der Waals surface area contributed by atoms with Crippen LogP contribution >= 0.6 is 0 Å². The van der Waals surface area contributed by atoms with E-state index in [9.17, 15) is 0 Å². The van der Waals surface area contributed by atoms with E-state index in [1.165, 1.54) is 22.3 Å². The molecule has 3 N–H and O–H groups in total. The third-order valence-corrected chi connectivity index (χ3v) is 3.75. The van der Waals surface area contributed by atoms with Crippen LogP contribution in [0.3, 0.4) is 0 Å². The van der Waals surface area contributed by atoms with Crippen molar-refractivity contribution in [3.05, 3.63) is 57.5 Å². The number of nitrogens with two attached hydrogens (primary N) is 1. The highest BCUT2D eigenvalue weighted by molar-refractivity contribution is 5.43. The second-order valence-corrected chi connectivity index (χ2v) is 5.26. The van der Waals surface area contributed by atoms with Crippen LogP contribution < -0.4 is 11.3 Å². The number of rotatable bonds is 3. The highest BCUT2D eigenvalue weighted by atomic mass is 16.3. The molecule has 3 heteroatoms. The fraction of sp³-hybridized carbons (Fsp3) is 0.375. The molecule has 1 aromatic carbocycles. The molecule has 0 saturated heterocycles. The maximum Gasteiger partial charge on any atom is 0.106 e. The van der Waals surface area contributed by atoms with E-state index < -0.39 is 0 Å². The van der Waals surface area contributed by atoms with Crippen molar-refractivity contribution >= 4 is 0 Å². The van der Waals surface area contributed by atoms with Crippen LogP contribution in [-0.4, -0.2) is 0 Å². The van der Waals surface area contributed by atoms with Gasteiger partial charge in [0.25, 0.3) is 0 Å². The van der Waals surface area contributed by atoms with E-state index in [1.807, 2.05) is 13.8 Å². The zero-order chi connectivity index (χ0) is 14.2. The summed E-state index contributed by atoms with van der Waals surface area (Å²) in [6.45, 7) is 10.3. The van der Waals surface area contributed by atoms with E-state index in [4.69, 9.17) is 10.3 Å². The van der Waals surface area contributed by atoms with Gasteiger partial charge in [-0.2, -0.15) is 0 Å². The second kappa shape index (κ2) is 5.19. The average Bonchev–Trinajstić information content (AvgIpc) is 2.66. The summed E-state index contributed by atoms with van der Waals surface area (Å²) in [4.78, 5) is 0. The van der Waals surface area contributed by atoms with E-state index in [1.54, 1.807) is 0 Å². The van der Waals surface area contributed by atoms with Crippen LogP contribution in [0.2, 0.25) is 0 Å². The molecular weight excluding hydrogens is 236 g/mol. The quantitative estimate of drug-likeness (QED) is 0.655. The first-order chi connectivity index (χ1) is 8.93. The number of hydrogen-bond donors (Lipinski definition) is 2. The Morgan fingerprint density at radius 3 is 2.05 bits per heavy atom. The van der Waals surface area contributed by atoms with Crippen molar-refractivity contribution in [3.8, 4) is 0 Å². The third-order valence-electron chi connectivity index (χ3n) is 3.75. The molecule has 0 spiro atoms. The Bertz CT molecular complexity index is 599. The third kappa shape index (κ3) is 2.57. The van der Waals surface area contributed by atoms with Gasteiger partial charge >= 0.3 is 0 Å². The highest BCUT2D eigenvalue weighted by Gasteiger charge is 2.20. The molecular formula is C16H22N2O. The standard InChI is InChI=1S/C16H22N2O/c1-9-6-11(3)14(7-10(9)2)16(18-17)15-8-12(4)19-13(15)5/h6-8,16,18H,17H2,1-5H3. The molecule has 2 aromatic rings. The minimum Gasteiger partial charge on any atom is -0.466 e. The molecule has 19 heavy (non-hydrogen) atoms. The van der Waals surface area contributed by atoms with Gasteiger partial charge in [-0.05, 0) is 62.9 Å². The van der Waals surface area contributed by atoms with E-state index in [0.717, 1.165) is 17.1 Å². The first-order valence-electron chi connectivity index (χ1n) is 6.54. The molecule has 0 saturated carbocycles. The predicted octanol–water partition coefficient (Wildman–Crippen LogP) is 3.37. The van der Waals surface area contributed by atoms with Crippen molar-refractivity contribution in [2.24, 2.45) is 5.84 Å². The van der Waals surface area contributed by atoms with E-state index in [2.05, 4.69) is 44.4 Å². The highest BCUT2D eigenvalue weighted by Crippen LogP contribution is 2.30. The smallest absolute Gasteiger partial charge is 0.106 e. The van der Waals surface area contributed by atoms with Gasteiger partial charge in [-0.1, -0.05) is 12.1 Å². The number of furan rings is 1. The molecule has 0 amide bonds. The van der Waals surface area contributed by atoms with E-state index >= 15 is 0 Å². The van der Waals surface area contributed by atoms with Gasteiger partial charge in [0.15, 0.2) is 0 Å². The van der Waals surface area contributed by atoms with Crippen LogP contribution in [0.15, 0.2) is 22.6 Å². The minimum atomic E-state index is -0.0308. The summed E-state index contributed by atoms with van der Waals surface area (Å²) in [6, 6.07) is 6.43. The number of aryl methyl sites for hydroxylation is 5. The van der Waals surface area contributed by atoms with Crippen LogP contribution in [0.4, 0.5) is 0 Å². The molecule has 0 radical (unpaired) electrons. The average molecular weight is 258 g/mol. The van der Waals surface area contributed by atoms with E-state index in [0.29, 0.717) is 0 Å². The van der Waals surface area contributed by atoms with Gasteiger partial charge in [0.1, 0.15) is 11.5 Å². The Balaban J connectivity index is 2.54. The van der Waals surface area contributed by atoms with E-state index in [-0.39, 0.29) is 6.04 Å². The van der Waals surface area contributed by atoms with Gasteiger partial charge in [0, 0.05) is 5.56 Å². The van der Waals surface area contributed by atoms with Gasteiger partial charge in [0.2, 0.25) is 0 Å². The van der Waals surface area contributed by atoms with Crippen LogP contribution in [0.5, 0.6) is 0 Å². The van der Waals surface area contributed by atoms with Gasteiger partial charge in [-0.3, -0.25) is 5.84 Å². The monoisotopic (exact) mass is 258 g/mol. The Labute approximate surface area is 114 Å². The lowest BCUT2D eigenvalue weighted by Gasteiger charge is -2.19. The number of benzene rings is 1. The maximum atomic E-state index is 5.78. The lowest BCUT2D eigenvalue weighted by atomic mass is 9.92. The minimum absolute atomic E-state index is 0.0308. The molecule has 1 heterocycles. The first kappa shape index (κ1) is 13.8. The fourth-order valence-electron chi connectivity index (χ4n) is 2.58. The van der Waals surface area contributed by atoms with Gasteiger partial charge < -0.3 is 4.42 Å². The summed E-state index contributed by atoms with van der Waals surface area (Å²) in [5, 5.41) is 0. The van der Waals surface area contributed by atoms with Crippen LogP contribution in [0, 0.1) is 34.6 Å². The van der Waals surface area contributed by atoms with Crippen molar-refractivity contribution in [2.45, 2.75) is 40.7 Å². The molecule has 0 aliphatic carbocycles. The normalized spacial score (nSPS) is 12.7. The van der Waals surface area contributed by atoms with Crippen molar-refractivity contribution in [2.75, 3.05) is 0 Å². The second-order valence-electron chi connectivity index (χ2n) is 5.26. The fourth-order valence-corrected chi connectivity index (χ4v) is 2.58. The molecule has 1 atom stereocenters. The summed E-state index contributed by atoms with van der Waals surface area (Å²) in [5.74, 6) is 7.61. The van der Waals surface area contributed by atoms with Gasteiger partial charge in [-0.25, -0.2) is 5.43 Å². The number of nitrogens with one attached hydrogen (secondary N) is 1. The van der Waals surface area contributed by atoms with Gasteiger partial charge in [0.05, 0.1) is 6.04 Å². The molecule has 102 valence electrons. The lowest BCUT2D eigenvalue weighted by molar-refractivity contribution is 0.495. The van der Waals surface area contributed by atoms with Crippen LogP contribution in [0.25, 0.3) is 0 Å². The zero-order valence-corrected chi connectivity index (χ0v) is 12.3. The summed E-state index contributed by atoms with van der Waals surface area (Å²) < 4.78 is 5.62. The molecule has 0 fully saturated rings. The summed E-state index contributed by atoms with van der Waals surface area (Å²) in [5.41, 5.74) is 9.04. The molecule has 2 rings (SSSR count). The SMILES string of the molecule is Cc1cc(C(NN)c2cc(C)c(C)cc2C)c(C)o1. The Morgan fingerprint density at radius 2 is 1.53 bits per heavy atom. The summed E-state index contributed by atoms with van der Waals surface area (Å²) in [6.07, 6.45) is 0. The Hall–Kier alpha value is -1.58. The predicted molar refractivity (Wildman–Crippen MR) is 78.0 cm³/mol.